The van der Waals surface area contributed by atoms with Gasteiger partial charge < -0.3 is 0 Å². The summed E-state index contributed by atoms with van der Waals surface area (Å²) in [5, 5.41) is 0. The van der Waals surface area contributed by atoms with Crippen LogP contribution in [0.4, 0.5) is 0 Å². The van der Waals surface area contributed by atoms with Gasteiger partial charge in [-0.05, 0) is 53.4 Å². The second kappa shape index (κ2) is 8.65. The molecule has 0 aliphatic heterocycles. The van der Waals surface area contributed by atoms with Crippen molar-refractivity contribution in [2.24, 2.45) is 5.92 Å². The zero-order chi connectivity index (χ0) is 17.7. The first-order valence-electron chi connectivity index (χ1n) is 8.58. The molecule has 0 amide bonds. The zero-order valence-corrected chi connectivity index (χ0v) is 17.0. The molecule has 0 radical (unpaired) electrons. The van der Waals surface area contributed by atoms with Crippen LogP contribution in [0.1, 0.15) is 67.7 Å². The fourth-order valence-electron chi connectivity index (χ4n) is 3.17. The Morgan fingerprint density at radius 2 is 1.50 bits per heavy atom. The summed E-state index contributed by atoms with van der Waals surface area (Å²) in [5.41, 5.74) is -0.312. The Morgan fingerprint density at radius 3 is 1.77 bits per heavy atom. The van der Waals surface area contributed by atoms with Crippen LogP contribution in [0.15, 0.2) is 0 Å². The van der Waals surface area contributed by atoms with Crippen LogP contribution in [0.25, 0.3) is 0 Å². The molecule has 0 spiro atoms. The van der Waals surface area contributed by atoms with Gasteiger partial charge in [-0.2, -0.15) is 4.31 Å². The van der Waals surface area contributed by atoms with Crippen molar-refractivity contribution in [3.05, 3.63) is 0 Å². The van der Waals surface area contributed by atoms with E-state index in [9.17, 15) is 8.42 Å². The van der Waals surface area contributed by atoms with Crippen LogP contribution < -0.4 is 0 Å². The average Bonchev–Trinajstić information content (AvgIpc) is 2.40. The Balaban J connectivity index is 5.18. The van der Waals surface area contributed by atoms with Crippen LogP contribution in [0.2, 0.25) is 0 Å². The van der Waals surface area contributed by atoms with Gasteiger partial charge >= 0.3 is 0 Å². The van der Waals surface area contributed by atoms with Crippen molar-refractivity contribution in [1.82, 2.24) is 9.21 Å². The van der Waals surface area contributed by atoms with Gasteiger partial charge in [-0.15, -0.1) is 0 Å². The van der Waals surface area contributed by atoms with Gasteiger partial charge in [0.2, 0.25) is 10.0 Å². The minimum atomic E-state index is -3.17. The summed E-state index contributed by atoms with van der Waals surface area (Å²) in [6.07, 6.45) is 4.11. The Kier molecular flexibility index (Phi) is 8.60. The molecule has 0 heterocycles. The molecular formula is C17H38N2O2S. The monoisotopic (exact) mass is 334 g/mol. The first kappa shape index (κ1) is 21.9. The van der Waals surface area contributed by atoms with Gasteiger partial charge in [0.15, 0.2) is 0 Å². The molecule has 0 aliphatic carbocycles. The zero-order valence-electron chi connectivity index (χ0n) is 16.2. The third-order valence-corrected chi connectivity index (χ3v) is 6.56. The summed E-state index contributed by atoms with van der Waals surface area (Å²) in [6, 6.07) is 1.02. The SMILES string of the molecule is CCC(CN(C(C)C)C(C)C)CC(C)(CC)N(C)S(C)(=O)=O. The number of sulfonamides is 1. The molecule has 0 N–H and O–H groups in total. The van der Waals surface area contributed by atoms with Crippen LogP contribution in [0.5, 0.6) is 0 Å². The summed E-state index contributed by atoms with van der Waals surface area (Å²) in [6.45, 7) is 16.3. The lowest BCUT2D eigenvalue weighted by Gasteiger charge is -2.41. The van der Waals surface area contributed by atoms with E-state index >= 15 is 0 Å². The number of nitrogens with zero attached hydrogens (tertiary/aromatic N) is 2. The van der Waals surface area contributed by atoms with Gasteiger partial charge in [-0.3, -0.25) is 4.90 Å². The van der Waals surface area contributed by atoms with Crippen LogP contribution >= 0.6 is 0 Å². The highest BCUT2D eigenvalue weighted by Crippen LogP contribution is 2.30. The molecule has 5 heteroatoms. The van der Waals surface area contributed by atoms with Gasteiger partial charge in [0, 0.05) is 31.2 Å². The molecule has 0 aromatic rings. The number of hydrogen-bond acceptors (Lipinski definition) is 3. The minimum Gasteiger partial charge on any atom is -0.298 e. The molecule has 0 aromatic heterocycles. The maximum Gasteiger partial charge on any atom is 0.211 e. The quantitative estimate of drug-likeness (QED) is 0.613. The second-order valence-electron chi connectivity index (χ2n) is 7.44. The van der Waals surface area contributed by atoms with Crippen molar-refractivity contribution < 1.29 is 8.42 Å². The van der Waals surface area contributed by atoms with Gasteiger partial charge in [-0.25, -0.2) is 8.42 Å². The predicted octanol–water partition coefficient (Wildman–Crippen LogP) is 3.58. The maximum atomic E-state index is 12.0. The average molecular weight is 335 g/mol. The molecule has 0 rings (SSSR count). The van der Waals surface area contributed by atoms with Gasteiger partial charge in [0.25, 0.3) is 0 Å². The highest BCUT2D eigenvalue weighted by Gasteiger charge is 2.35. The Labute approximate surface area is 139 Å². The lowest BCUT2D eigenvalue weighted by atomic mass is 9.85. The maximum absolute atomic E-state index is 12.0. The lowest BCUT2D eigenvalue weighted by molar-refractivity contribution is 0.110. The molecule has 2 unspecified atom stereocenters. The van der Waals surface area contributed by atoms with E-state index in [1.165, 1.54) is 6.26 Å². The van der Waals surface area contributed by atoms with Gasteiger partial charge in [-0.1, -0.05) is 20.3 Å². The summed E-state index contributed by atoms with van der Waals surface area (Å²) < 4.78 is 25.5. The Bertz CT molecular complexity index is 412. The normalized spacial score (nSPS) is 17.5. The molecule has 134 valence electrons. The van der Waals surface area contributed by atoms with E-state index in [1.54, 1.807) is 11.4 Å². The van der Waals surface area contributed by atoms with E-state index in [4.69, 9.17) is 0 Å². The summed E-state index contributed by atoms with van der Waals surface area (Å²) >= 11 is 0. The molecule has 0 bridgehead atoms. The van der Waals surface area contributed by atoms with E-state index in [0.29, 0.717) is 18.0 Å². The molecule has 0 saturated carbocycles. The summed E-state index contributed by atoms with van der Waals surface area (Å²) in [4.78, 5) is 2.50. The van der Waals surface area contributed by atoms with E-state index in [2.05, 4.69) is 53.4 Å². The molecule has 0 aromatic carbocycles. The topological polar surface area (TPSA) is 40.6 Å². The van der Waals surface area contributed by atoms with Crippen molar-refractivity contribution in [3.63, 3.8) is 0 Å². The summed E-state index contributed by atoms with van der Waals surface area (Å²) in [5.74, 6) is 0.499. The van der Waals surface area contributed by atoms with Gasteiger partial charge in [0.05, 0.1) is 6.26 Å². The van der Waals surface area contributed by atoms with E-state index in [-0.39, 0.29) is 5.54 Å². The highest BCUT2D eigenvalue weighted by molar-refractivity contribution is 7.88. The molecule has 0 aliphatic rings. The van der Waals surface area contributed by atoms with E-state index < -0.39 is 10.0 Å². The fourth-order valence-corrected chi connectivity index (χ4v) is 4.18. The van der Waals surface area contributed by atoms with Crippen molar-refractivity contribution in [3.8, 4) is 0 Å². The lowest BCUT2D eigenvalue weighted by Crippen LogP contribution is -2.49. The summed E-state index contributed by atoms with van der Waals surface area (Å²) in [7, 11) is -1.45. The molecule has 22 heavy (non-hydrogen) atoms. The van der Waals surface area contributed by atoms with Crippen molar-refractivity contribution in [1.29, 1.82) is 0 Å². The van der Waals surface area contributed by atoms with Crippen molar-refractivity contribution in [2.75, 3.05) is 19.8 Å². The van der Waals surface area contributed by atoms with Crippen LogP contribution in [0.3, 0.4) is 0 Å². The third kappa shape index (κ3) is 6.17. The molecule has 4 nitrogen and oxygen atoms in total. The first-order valence-corrected chi connectivity index (χ1v) is 10.4. The smallest absolute Gasteiger partial charge is 0.211 e. The fraction of sp³-hybridized carbons (Fsp3) is 1.00. The van der Waals surface area contributed by atoms with Crippen molar-refractivity contribution >= 4 is 10.0 Å². The highest BCUT2D eigenvalue weighted by atomic mass is 32.2. The Morgan fingerprint density at radius 1 is 1.05 bits per heavy atom. The van der Waals surface area contributed by atoms with Crippen molar-refractivity contribution in [2.45, 2.75) is 85.4 Å². The van der Waals surface area contributed by atoms with E-state index in [0.717, 1.165) is 25.8 Å². The number of rotatable bonds is 10. The molecule has 0 saturated heterocycles. The predicted molar refractivity (Wildman–Crippen MR) is 96.7 cm³/mol. The molecular weight excluding hydrogens is 296 g/mol. The minimum absolute atomic E-state index is 0.312. The third-order valence-electron chi connectivity index (χ3n) is 5.12. The molecule has 2 atom stereocenters. The van der Waals surface area contributed by atoms with E-state index in [1.807, 2.05) is 0 Å². The standard InChI is InChI=1S/C17H38N2O2S/c1-10-16(13-19(14(3)4)15(5)6)12-17(7,11-2)18(8)22(9,20)21/h14-16H,10-13H2,1-9H3. The Hall–Kier alpha value is -0.130. The molecule has 0 fully saturated rings. The largest absolute Gasteiger partial charge is 0.298 e. The number of hydrogen-bond donors (Lipinski definition) is 0. The van der Waals surface area contributed by atoms with Crippen LogP contribution in [-0.4, -0.2) is 55.1 Å². The second-order valence-corrected chi connectivity index (χ2v) is 9.46. The first-order chi connectivity index (χ1) is 9.89. The van der Waals surface area contributed by atoms with Crippen LogP contribution in [-0.2, 0) is 10.0 Å². The van der Waals surface area contributed by atoms with Gasteiger partial charge in [0.1, 0.15) is 0 Å². The van der Waals surface area contributed by atoms with Crippen LogP contribution in [0, 0.1) is 5.92 Å².